The van der Waals surface area contributed by atoms with Crippen molar-refractivity contribution in [2.45, 2.75) is 13.2 Å². The molecule has 0 heterocycles. The summed E-state index contributed by atoms with van der Waals surface area (Å²) in [5.41, 5.74) is 3.25. The van der Waals surface area contributed by atoms with E-state index >= 15 is 0 Å². The molecule has 0 saturated carbocycles. The van der Waals surface area contributed by atoms with Crippen LogP contribution in [0, 0.1) is 3.57 Å². The molecule has 2 aromatic rings. The van der Waals surface area contributed by atoms with E-state index in [0.29, 0.717) is 0 Å². The topological polar surface area (TPSA) is 32.3 Å². The van der Waals surface area contributed by atoms with Crippen LogP contribution in [0.5, 0.6) is 0 Å². The molecule has 2 N–H and O–H groups in total. The largest absolute Gasteiger partial charge is 0.374 e. The van der Waals surface area contributed by atoms with Crippen LogP contribution >= 0.6 is 22.6 Å². The van der Waals surface area contributed by atoms with E-state index in [4.69, 9.17) is 0 Å². The number of rotatable bonds is 3. The fraction of sp³-hybridized carbons (Fsp3) is 0.143. The Hall–Kier alpha value is -1.07. The molecule has 1 unspecified atom stereocenters. The molecule has 2 aromatic carbocycles. The first-order valence-electron chi connectivity index (χ1n) is 5.46. The highest BCUT2D eigenvalue weighted by atomic mass is 127. The van der Waals surface area contributed by atoms with Gasteiger partial charge in [-0.05, 0) is 64.9 Å². The van der Waals surface area contributed by atoms with Crippen molar-refractivity contribution in [3.05, 3.63) is 52.1 Å². The molecule has 0 spiro atoms. The van der Waals surface area contributed by atoms with Gasteiger partial charge < -0.3 is 10.4 Å². The molecule has 0 saturated heterocycles. The molecule has 0 aliphatic heterocycles. The highest BCUT2D eigenvalue weighted by molar-refractivity contribution is 14.1. The van der Waals surface area contributed by atoms with Crippen LogP contribution in [-0.2, 0) is 0 Å². The predicted molar refractivity (Wildman–Crippen MR) is 79.9 cm³/mol. The van der Waals surface area contributed by atoms with E-state index in [2.05, 4.69) is 58.2 Å². The molecule has 3 heteroatoms. The lowest BCUT2D eigenvalue weighted by Gasteiger charge is -2.10. The van der Waals surface area contributed by atoms with E-state index in [-0.39, 0.29) is 0 Å². The van der Waals surface area contributed by atoms with Crippen molar-refractivity contribution in [2.75, 3.05) is 5.32 Å². The molecule has 0 aliphatic rings. The lowest BCUT2D eigenvalue weighted by atomic mass is 10.1. The average molecular weight is 339 g/mol. The first-order valence-corrected chi connectivity index (χ1v) is 6.53. The van der Waals surface area contributed by atoms with Gasteiger partial charge in [-0.3, -0.25) is 0 Å². The highest BCUT2D eigenvalue weighted by Crippen LogP contribution is 2.23. The summed E-state index contributed by atoms with van der Waals surface area (Å²) < 4.78 is 1.23. The van der Waals surface area contributed by atoms with E-state index < -0.39 is 6.23 Å². The Kier molecular flexibility index (Phi) is 4.02. The summed E-state index contributed by atoms with van der Waals surface area (Å²) in [6.45, 7) is 1.71. The molecule has 2 nitrogen and oxygen atoms in total. The number of halogens is 1. The van der Waals surface area contributed by atoms with E-state index in [1.807, 2.05) is 18.2 Å². The number of aliphatic hydroxyl groups excluding tert-OH is 1. The maximum atomic E-state index is 9.29. The zero-order valence-corrected chi connectivity index (χ0v) is 11.7. The molecule has 0 fully saturated rings. The molecular weight excluding hydrogens is 325 g/mol. The van der Waals surface area contributed by atoms with Crippen LogP contribution in [0.1, 0.15) is 6.92 Å². The molecule has 88 valence electrons. The smallest absolute Gasteiger partial charge is 0.121 e. The lowest BCUT2D eigenvalue weighted by Crippen LogP contribution is -2.13. The molecular formula is C14H14INO. The maximum absolute atomic E-state index is 9.29. The quantitative estimate of drug-likeness (QED) is 0.660. The third-order valence-corrected chi connectivity index (χ3v) is 3.13. The first-order chi connectivity index (χ1) is 8.15. The van der Waals surface area contributed by atoms with E-state index in [1.54, 1.807) is 6.92 Å². The number of aliphatic hydroxyl groups is 1. The van der Waals surface area contributed by atoms with Crippen molar-refractivity contribution in [3.8, 4) is 11.1 Å². The molecule has 17 heavy (non-hydrogen) atoms. The van der Waals surface area contributed by atoms with Crippen molar-refractivity contribution < 1.29 is 5.11 Å². The summed E-state index contributed by atoms with van der Waals surface area (Å²) in [5, 5.41) is 12.3. The summed E-state index contributed by atoms with van der Waals surface area (Å²) in [6, 6.07) is 16.4. The van der Waals surface area contributed by atoms with Crippen LogP contribution in [-0.4, -0.2) is 11.3 Å². The van der Waals surface area contributed by atoms with Gasteiger partial charge in [0.2, 0.25) is 0 Å². The van der Waals surface area contributed by atoms with Gasteiger partial charge in [-0.2, -0.15) is 0 Å². The number of hydrogen-bond acceptors (Lipinski definition) is 2. The van der Waals surface area contributed by atoms with Crippen LogP contribution in [0.3, 0.4) is 0 Å². The standard InChI is InChI=1S/C14H14INO/c1-10(17)16-14-4-2-3-12(9-14)11-5-7-13(15)8-6-11/h2-10,16-17H,1H3. The van der Waals surface area contributed by atoms with Gasteiger partial charge in [-0.25, -0.2) is 0 Å². The highest BCUT2D eigenvalue weighted by Gasteiger charge is 2.00. The third-order valence-electron chi connectivity index (χ3n) is 2.42. The van der Waals surface area contributed by atoms with Gasteiger partial charge in [0.25, 0.3) is 0 Å². The van der Waals surface area contributed by atoms with Gasteiger partial charge in [0, 0.05) is 9.26 Å². The zero-order valence-electron chi connectivity index (χ0n) is 9.52. The summed E-state index contributed by atoms with van der Waals surface area (Å²) in [6.07, 6.45) is -0.540. The number of anilines is 1. The van der Waals surface area contributed by atoms with E-state index in [9.17, 15) is 5.11 Å². The molecule has 2 rings (SSSR count). The fourth-order valence-electron chi connectivity index (χ4n) is 1.67. The molecule has 0 radical (unpaired) electrons. The zero-order chi connectivity index (χ0) is 12.3. The van der Waals surface area contributed by atoms with E-state index in [0.717, 1.165) is 11.3 Å². The van der Waals surface area contributed by atoms with Gasteiger partial charge in [-0.1, -0.05) is 24.3 Å². The number of benzene rings is 2. The molecule has 1 atom stereocenters. The second-order valence-corrected chi connectivity index (χ2v) is 5.15. The van der Waals surface area contributed by atoms with Crippen LogP contribution in [0.25, 0.3) is 11.1 Å². The SMILES string of the molecule is CC(O)Nc1cccc(-c2ccc(I)cc2)c1. The molecule has 0 amide bonds. The monoisotopic (exact) mass is 339 g/mol. The van der Waals surface area contributed by atoms with Crippen LogP contribution in [0.15, 0.2) is 48.5 Å². The minimum Gasteiger partial charge on any atom is -0.374 e. The van der Waals surface area contributed by atoms with Crippen molar-refractivity contribution in [3.63, 3.8) is 0 Å². The Bertz CT molecular complexity index is 494. The Balaban J connectivity index is 2.29. The molecule has 0 aromatic heterocycles. The Morgan fingerprint density at radius 1 is 1.06 bits per heavy atom. The predicted octanol–water partition coefficient (Wildman–Crippen LogP) is 3.71. The van der Waals surface area contributed by atoms with Crippen LogP contribution in [0.4, 0.5) is 5.69 Å². The molecule has 0 bridgehead atoms. The Labute approximate surface area is 115 Å². The first kappa shape index (κ1) is 12.4. The summed E-state index contributed by atoms with van der Waals surface area (Å²) in [7, 11) is 0. The van der Waals surface area contributed by atoms with Crippen LogP contribution in [0.2, 0.25) is 0 Å². The summed E-state index contributed by atoms with van der Waals surface area (Å²) in [4.78, 5) is 0. The van der Waals surface area contributed by atoms with E-state index in [1.165, 1.54) is 9.13 Å². The minimum atomic E-state index is -0.540. The summed E-state index contributed by atoms with van der Waals surface area (Å²) >= 11 is 2.29. The minimum absolute atomic E-state index is 0.540. The Morgan fingerprint density at radius 2 is 1.76 bits per heavy atom. The van der Waals surface area contributed by atoms with Crippen LogP contribution < -0.4 is 5.32 Å². The normalized spacial score (nSPS) is 12.2. The van der Waals surface area contributed by atoms with Gasteiger partial charge >= 0.3 is 0 Å². The summed E-state index contributed by atoms with van der Waals surface area (Å²) in [5.74, 6) is 0. The number of hydrogen-bond donors (Lipinski definition) is 2. The maximum Gasteiger partial charge on any atom is 0.121 e. The van der Waals surface area contributed by atoms with Crippen molar-refractivity contribution in [1.29, 1.82) is 0 Å². The van der Waals surface area contributed by atoms with Crippen molar-refractivity contribution >= 4 is 28.3 Å². The molecule has 0 aliphatic carbocycles. The number of nitrogens with one attached hydrogen (secondary N) is 1. The van der Waals surface area contributed by atoms with Gasteiger partial charge in [0.1, 0.15) is 6.23 Å². The van der Waals surface area contributed by atoms with Crippen molar-refractivity contribution in [2.24, 2.45) is 0 Å². The average Bonchev–Trinajstić information content (AvgIpc) is 2.29. The third kappa shape index (κ3) is 3.44. The van der Waals surface area contributed by atoms with Gasteiger partial charge in [0.05, 0.1) is 0 Å². The lowest BCUT2D eigenvalue weighted by molar-refractivity contribution is 0.224. The fourth-order valence-corrected chi connectivity index (χ4v) is 2.03. The Morgan fingerprint density at radius 3 is 2.41 bits per heavy atom. The second-order valence-electron chi connectivity index (χ2n) is 3.91. The second kappa shape index (κ2) is 5.51. The van der Waals surface area contributed by atoms with Crippen molar-refractivity contribution in [1.82, 2.24) is 0 Å². The van der Waals surface area contributed by atoms with Gasteiger partial charge in [0.15, 0.2) is 0 Å². The van der Waals surface area contributed by atoms with Gasteiger partial charge in [-0.15, -0.1) is 0 Å².